The Balaban J connectivity index is -0.00000120. The number of methoxy groups -OCH3 is 1. The molecule has 3 N–H and O–H groups in total. The lowest BCUT2D eigenvalue weighted by atomic mass is 9.92. The second kappa shape index (κ2) is 53.7. The van der Waals surface area contributed by atoms with Crippen LogP contribution in [0.2, 0.25) is 0 Å². The fraction of sp³-hybridized carbons (Fsp3) is 1.00. The van der Waals surface area contributed by atoms with Gasteiger partial charge in [0.1, 0.15) is 0 Å². The highest BCUT2D eigenvalue weighted by Gasteiger charge is 2.10. The summed E-state index contributed by atoms with van der Waals surface area (Å²) >= 11 is 0. The summed E-state index contributed by atoms with van der Waals surface area (Å²) in [6.45, 7) is 12.6. The van der Waals surface area contributed by atoms with Gasteiger partial charge in [0.05, 0.1) is 13.2 Å². The Hall–Kier alpha value is -0.280. The number of hydrogen-bond donors (Lipinski definition) is 1. The molecule has 0 saturated carbocycles. The third kappa shape index (κ3) is 53.7. The van der Waals surface area contributed by atoms with Crippen LogP contribution in [0.4, 0.5) is 0 Å². The van der Waals surface area contributed by atoms with E-state index in [0.29, 0.717) is 12.5 Å². The number of rotatable bonds is 45. The summed E-state index contributed by atoms with van der Waals surface area (Å²) in [6, 6.07) is 0. The molecule has 0 aliphatic rings. The van der Waals surface area contributed by atoms with Gasteiger partial charge in [-0.15, -0.1) is 0 Å². The largest absolute Gasteiger partial charge is 0.412 e. The number of ether oxygens (including phenoxy) is 2. The Morgan fingerprint density at radius 3 is 1.27 bits per heavy atom. The lowest BCUT2D eigenvalue weighted by Crippen LogP contribution is -2.14. The molecule has 0 saturated heterocycles. The Morgan fingerprint density at radius 2 is 0.800 bits per heavy atom. The smallest absolute Gasteiger partial charge is 0.0850 e. The normalized spacial score (nSPS) is 12.4. The van der Waals surface area contributed by atoms with Gasteiger partial charge in [0.15, 0.2) is 0 Å². The van der Waals surface area contributed by atoms with Crippen molar-refractivity contribution in [1.29, 1.82) is 0 Å². The molecule has 0 heterocycles. The van der Waals surface area contributed by atoms with Gasteiger partial charge in [0, 0.05) is 33.5 Å². The first kappa shape index (κ1) is 59.0. The van der Waals surface area contributed by atoms with Crippen LogP contribution in [0.15, 0.2) is 0 Å². The number of aliphatic hydroxyl groups is 1. The molecule has 0 bridgehead atoms. The van der Waals surface area contributed by atoms with Crippen LogP contribution in [0.3, 0.4) is 0 Å². The maximum atomic E-state index is 9.32. The predicted octanol–water partition coefficient (Wildman–Crippen LogP) is 13.5. The standard InChI is InChI=1S/C33H68O3.C15H33NO2.H2O/c1-4-7-10-11-15-18-23-30-35-36-31-33(26-20-9-6-3)27-22-17-14-12-13-16-21-25-32(28-29-34)24-19-8-5-2;1-16(2)12-11-15-18-14-10-8-6-4-5-7-9-13-17-3;/h32-34H,4-31H2,1-3H3;4-15H2,1-3H3;1H2. The number of nitrogens with zero attached hydrogens (tertiary/aromatic N) is 1. The van der Waals surface area contributed by atoms with Crippen molar-refractivity contribution in [2.45, 2.75) is 233 Å². The quantitative estimate of drug-likeness (QED) is 0.0375. The minimum Gasteiger partial charge on any atom is -0.412 e. The Bertz CT molecular complexity index is 640. The van der Waals surface area contributed by atoms with Crippen molar-refractivity contribution < 1.29 is 29.8 Å². The molecule has 0 aromatic heterocycles. The first-order chi connectivity index (χ1) is 26.5. The third-order valence-corrected chi connectivity index (χ3v) is 10.9. The number of unbranched alkanes of at least 4 members (excludes halogenated alkanes) is 22. The topological polar surface area (TPSA) is 91.9 Å². The van der Waals surface area contributed by atoms with Gasteiger partial charge in [0.25, 0.3) is 0 Å². The molecule has 0 aromatic rings. The molecule has 0 amide bonds. The van der Waals surface area contributed by atoms with E-state index in [1.807, 2.05) is 0 Å². The van der Waals surface area contributed by atoms with Crippen molar-refractivity contribution in [3.63, 3.8) is 0 Å². The predicted molar refractivity (Wildman–Crippen MR) is 240 cm³/mol. The molecule has 2 atom stereocenters. The number of hydrogen-bond acceptors (Lipinski definition) is 6. The van der Waals surface area contributed by atoms with Gasteiger partial charge >= 0.3 is 0 Å². The van der Waals surface area contributed by atoms with Gasteiger partial charge < -0.3 is 25.0 Å². The number of aliphatic hydroxyl groups excluding tert-OH is 1. The highest BCUT2D eigenvalue weighted by atomic mass is 17.2. The molecule has 0 spiro atoms. The first-order valence-corrected chi connectivity index (χ1v) is 24.1. The van der Waals surface area contributed by atoms with Crippen molar-refractivity contribution >= 4 is 0 Å². The lowest BCUT2D eigenvalue weighted by Gasteiger charge is -2.16. The summed E-state index contributed by atoms with van der Waals surface area (Å²) in [5.41, 5.74) is 0. The molecule has 0 aliphatic carbocycles. The summed E-state index contributed by atoms with van der Waals surface area (Å²) in [5.74, 6) is 1.43. The second-order valence-electron chi connectivity index (χ2n) is 16.8. The summed E-state index contributed by atoms with van der Waals surface area (Å²) < 4.78 is 10.6. The zero-order valence-electron chi connectivity index (χ0n) is 38.5. The molecule has 0 rings (SSSR count). The Labute approximate surface area is 345 Å². The van der Waals surface area contributed by atoms with Crippen LogP contribution in [0.25, 0.3) is 0 Å². The van der Waals surface area contributed by atoms with Crippen LogP contribution in [-0.2, 0) is 19.2 Å². The van der Waals surface area contributed by atoms with Crippen LogP contribution in [0, 0.1) is 11.8 Å². The van der Waals surface area contributed by atoms with E-state index in [1.165, 1.54) is 193 Å². The third-order valence-electron chi connectivity index (χ3n) is 10.9. The summed E-state index contributed by atoms with van der Waals surface area (Å²) in [5, 5.41) is 9.32. The maximum absolute atomic E-state index is 9.32. The molecule has 336 valence electrons. The van der Waals surface area contributed by atoms with Crippen molar-refractivity contribution in [1.82, 2.24) is 4.90 Å². The summed E-state index contributed by atoms with van der Waals surface area (Å²) in [4.78, 5) is 13.4. The SMILES string of the molecule is CCCCCCCCCOOCC(CCCCC)CCCCCCCCCC(CCO)CCCCC.COCCCCCCCCCOCCCN(C)C.O. The maximum Gasteiger partial charge on any atom is 0.0850 e. The van der Waals surface area contributed by atoms with Crippen molar-refractivity contribution in [2.75, 3.05) is 67.4 Å². The lowest BCUT2D eigenvalue weighted by molar-refractivity contribution is -0.302. The van der Waals surface area contributed by atoms with Crippen LogP contribution < -0.4 is 0 Å². The van der Waals surface area contributed by atoms with Gasteiger partial charge in [-0.25, -0.2) is 9.78 Å². The zero-order chi connectivity index (χ0) is 39.8. The molecule has 2 unspecified atom stereocenters. The monoisotopic (exact) mass is 790 g/mol. The van der Waals surface area contributed by atoms with E-state index < -0.39 is 0 Å². The molecule has 0 aromatic carbocycles. The molecule has 7 nitrogen and oxygen atoms in total. The highest BCUT2D eigenvalue weighted by Crippen LogP contribution is 2.22. The van der Waals surface area contributed by atoms with Gasteiger partial charge in [0.2, 0.25) is 0 Å². The van der Waals surface area contributed by atoms with Crippen LogP contribution in [0.1, 0.15) is 233 Å². The molecule has 55 heavy (non-hydrogen) atoms. The van der Waals surface area contributed by atoms with E-state index in [9.17, 15) is 5.11 Å². The van der Waals surface area contributed by atoms with E-state index in [-0.39, 0.29) is 5.48 Å². The minimum absolute atomic E-state index is 0. The van der Waals surface area contributed by atoms with E-state index in [2.05, 4.69) is 39.8 Å². The Kier molecular flexibility index (Phi) is 57.7. The van der Waals surface area contributed by atoms with E-state index in [0.717, 1.165) is 64.8 Å². The highest BCUT2D eigenvalue weighted by molar-refractivity contribution is 4.62. The van der Waals surface area contributed by atoms with E-state index in [1.54, 1.807) is 7.11 Å². The summed E-state index contributed by atoms with van der Waals surface area (Å²) in [7, 11) is 5.98. The Morgan fingerprint density at radius 1 is 0.418 bits per heavy atom. The second-order valence-corrected chi connectivity index (χ2v) is 16.8. The average Bonchev–Trinajstić information content (AvgIpc) is 3.16. The van der Waals surface area contributed by atoms with Crippen molar-refractivity contribution in [2.24, 2.45) is 11.8 Å². The molecule has 0 fully saturated rings. The fourth-order valence-corrected chi connectivity index (χ4v) is 7.28. The molecular weight excluding hydrogens is 687 g/mol. The van der Waals surface area contributed by atoms with E-state index in [4.69, 9.17) is 19.2 Å². The first-order valence-electron chi connectivity index (χ1n) is 24.1. The van der Waals surface area contributed by atoms with Gasteiger partial charge in [-0.2, -0.15) is 0 Å². The summed E-state index contributed by atoms with van der Waals surface area (Å²) in [6.07, 6.45) is 43.3. The van der Waals surface area contributed by atoms with Gasteiger partial charge in [-0.05, 0) is 77.4 Å². The van der Waals surface area contributed by atoms with Crippen molar-refractivity contribution in [3.8, 4) is 0 Å². The van der Waals surface area contributed by atoms with Crippen LogP contribution in [0.5, 0.6) is 0 Å². The van der Waals surface area contributed by atoms with Crippen molar-refractivity contribution in [3.05, 3.63) is 0 Å². The zero-order valence-corrected chi connectivity index (χ0v) is 38.5. The van der Waals surface area contributed by atoms with Gasteiger partial charge in [-0.1, -0.05) is 188 Å². The van der Waals surface area contributed by atoms with Crippen LogP contribution >= 0.6 is 0 Å². The van der Waals surface area contributed by atoms with E-state index >= 15 is 0 Å². The minimum atomic E-state index is 0. The van der Waals surface area contributed by atoms with Gasteiger partial charge in [-0.3, -0.25) is 0 Å². The molecule has 7 heteroatoms. The average molecular weight is 790 g/mol. The fourth-order valence-electron chi connectivity index (χ4n) is 7.28. The molecular formula is C48H103NO6. The molecule has 0 radical (unpaired) electrons. The molecule has 0 aliphatic heterocycles. The van der Waals surface area contributed by atoms with Crippen LogP contribution in [-0.4, -0.2) is 82.9 Å².